The molecule has 4 rings (SSSR count). The largest absolute Gasteiger partial charge is 0.349 e. The lowest BCUT2D eigenvalue weighted by Crippen LogP contribution is -2.46. The van der Waals surface area contributed by atoms with E-state index in [2.05, 4.69) is 22.3 Å². The van der Waals surface area contributed by atoms with Gasteiger partial charge in [0.1, 0.15) is 18.0 Å². The van der Waals surface area contributed by atoms with Crippen LogP contribution in [-0.2, 0) is 16.2 Å². The van der Waals surface area contributed by atoms with Gasteiger partial charge in [0, 0.05) is 31.6 Å². The van der Waals surface area contributed by atoms with Crippen LogP contribution in [0.3, 0.4) is 0 Å². The summed E-state index contributed by atoms with van der Waals surface area (Å²) in [5.74, 6) is -0.396. The Hall–Kier alpha value is -2.83. The quantitative estimate of drug-likeness (QED) is 0.712. The Morgan fingerprint density at radius 1 is 1.31 bits per heavy atom. The number of rotatable bonds is 5. The van der Waals surface area contributed by atoms with E-state index in [-0.39, 0.29) is 23.9 Å². The molecule has 150 valence electrons. The van der Waals surface area contributed by atoms with E-state index in [1.807, 2.05) is 23.2 Å². The minimum absolute atomic E-state index is 0.0525. The maximum Gasteiger partial charge on any atom is 0.239 e. The fraction of sp³-hybridized carbons (Fsp3) is 0.333. The molecule has 0 aliphatic carbocycles. The standard InChI is InChI=1S/C21H22FN5O2/c22-16-6-3-4-14(8-16)12-27-13-17(11-24-27)25-21(28)19-9-20(29-26-19)18-7-2-1-5-15(18)10-23/h1-8,17,19-20,24,26H,9,11-13H2,(H,25,28). The molecule has 3 N–H and O–H groups in total. The molecule has 2 aliphatic rings. The van der Waals surface area contributed by atoms with Crippen molar-refractivity contribution in [3.05, 3.63) is 71.0 Å². The summed E-state index contributed by atoms with van der Waals surface area (Å²) in [6.07, 6.45) is 0.116. The second-order valence-electron chi connectivity index (χ2n) is 7.29. The highest BCUT2D eigenvalue weighted by Gasteiger charge is 2.34. The summed E-state index contributed by atoms with van der Waals surface area (Å²) in [5.41, 5.74) is 8.22. The SMILES string of the molecule is N#Cc1ccccc1C1CC(C(=O)NC2CNN(Cc3cccc(F)c3)C2)NO1. The Bertz CT molecular complexity index is 931. The topological polar surface area (TPSA) is 89.4 Å². The molecular weight excluding hydrogens is 373 g/mol. The lowest BCUT2D eigenvalue weighted by atomic mass is 9.98. The zero-order valence-electron chi connectivity index (χ0n) is 15.8. The molecule has 2 aliphatic heterocycles. The van der Waals surface area contributed by atoms with Crippen molar-refractivity contribution in [1.82, 2.24) is 21.2 Å². The van der Waals surface area contributed by atoms with Crippen LogP contribution in [0, 0.1) is 17.1 Å². The number of amides is 1. The maximum atomic E-state index is 13.3. The van der Waals surface area contributed by atoms with Gasteiger partial charge < -0.3 is 5.32 Å². The number of carbonyl (C=O) groups excluding carboxylic acids is 1. The van der Waals surface area contributed by atoms with Crippen molar-refractivity contribution < 1.29 is 14.0 Å². The van der Waals surface area contributed by atoms with Gasteiger partial charge in [0.2, 0.25) is 5.91 Å². The van der Waals surface area contributed by atoms with Crippen LogP contribution in [0.1, 0.15) is 29.2 Å². The predicted molar refractivity (Wildman–Crippen MR) is 103 cm³/mol. The molecule has 0 spiro atoms. The van der Waals surface area contributed by atoms with Gasteiger partial charge >= 0.3 is 0 Å². The van der Waals surface area contributed by atoms with Crippen LogP contribution in [0.5, 0.6) is 0 Å². The molecule has 0 saturated carbocycles. The first kappa shape index (κ1) is 19.5. The van der Waals surface area contributed by atoms with Crippen LogP contribution in [0.25, 0.3) is 0 Å². The molecule has 2 saturated heterocycles. The van der Waals surface area contributed by atoms with Gasteiger partial charge in [-0.05, 0) is 23.8 Å². The summed E-state index contributed by atoms with van der Waals surface area (Å²) in [6.45, 7) is 1.79. The van der Waals surface area contributed by atoms with Crippen molar-refractivity contribution in [2.75, 3.05) is 13.1 Å². The molecule has 1 amide bonds. The van der Waals surface area contributed by atoms with Crippen LogP contribution >= 0.6 is 0 Å². The minimum atomic E-state index is -0.482. The monoisotopic (exact) mass is 395 g/mol. The van der Waals surface area contributed by atoms with E-state index in [1.165, 1.54) is 12.1 Å². The van der Waals surface area contributed by atoms with Crippen molar-refractivity contribution in [3.63, 3.8) is 0 Å². The zero-order valence-corrected chi connectivity index (χ0v) is 15.8. The lowest BCUT2D eigenvalue weighted by molar-refractivity contribution is -0.124. The number of halogens is 1. The van der Waals surface area contributed by atoms with E-state index in [0.717, 1.165) is 11.1 Å². The van der Waals surface area contributed by atoms with Crippen molar-refractivity contribution in [2.45, 2.75) is 31.2 Å². The second-order valence-corrected chi connectivity index (χ2v) is 7.29. The van der Waals surface area contributed by atoms with Crippen LogP contribution in [0.15, 0.2) is 48.5 Å². The first-order valence-electron chi connectivity index (χ1n) is 9.56. The smallest absolute Gasteiger partial charge is 0.239 e. The maximum absolute atomic E-state index is 13.3. The molecule has 29 heavy (non-hydrogen) atoms. The predicted octanol–water partition coefficient (Wildman–Crippen LogP) is 1.54. The summed E-state index contributed by atoms with van der Waals surface area (Å²) in [4.78, 5) is 18.2. The first-order valence-corrected chi connectivity index (χ1v) is 9.56. The fourth-order valence-corrected chi connectivity index (χ4v) is 3.71. The molecule has 2 aromatic rings. The number of nitrogens with one attached hydrogen (secondary N) is 3. The number of benzene rings is 2. The van der Waals surface area contributed by atoms with E-state index in [4.69, 9.17) is 4.84 Å². The average Bonchev–Trinajstić information content (AvgIpc) is 3.38. The lowest BCUT2D eigenvalue weighted by Gasteiger charge is -2.17. The summed E-state index contributed by atoms with van der Waals surface area (Å²) in [7, 11) is 0. The molecule has 2 aromatic carbocycles. The molecular formula is C21H22FN5O2. The van der Waals surface area contributed by atoms with E-state index in [1.54, 1.807) is 18.2 Å². The summed E-state index contributed by atoms with van der Waals surface area (Å²) >= 11 is 0. The van der Waals surface area contributed by atoms with Crippen LogP contribution < -0.4 is 16.2 Å². The van der Waals surface area contributed by atoms with Crippen molar-refractivity contribution in [3.8, 4) is 6.07 Å². The summed E-state index contributed by atoms with van der Waals surface area (Å²) in [6, 6.07) is 15.3. The summed E-state index contributed by atoms with van der Waals surface area (Å²) in [5, 5.41) is 14.2. The third-order valence-electron chi connectivity index (χ3n) is 5.16. The number of nitrogens with zero attached hydrogens (tertiary/aromatic N) is 2. The number of hydrogen-bond donors (Lipinski definition) is 3. The van der Waals surface area contributed by atoms with E-state index in [9.17, 15) is 14.4 Å². The zero-order chi connectivity index (χ0) is 20.2. The first-order chi connectivity index (χ1) is 14.1. The molecule has 2 fully saturated rings. The normalized spacial score (nSPS) is 24.3. The van der Waals surface area contributed by atoms with Gasteiger partial charge in [-0.15, -0.1) is 0 Å². The Labute approximate surface area is 168 Å². The highest BCUT2D eigenvalue weighted by Crippen LogP contribution is 2.29. The summed E-state index contributed by atoms with van der Waals surface area (Å²) < 4.78 is 13.3. The third-order valence-corrected chi connectivity index (χ3v) is 5.16. The molecule has 7 nitrogen and oxygen atoms in total. The van der Waals surface area contributed by atoms with Crippen molar-refractivity contribution in [1.29, 1.82) is 5.26 Å². The van der Waals surface area contributed by atoms with Crippen LogP contribution in [0.4, 0.5) is 4.39 Å². The van der Waals surface area contributed by atoms with Gasteiger partial charge in [-0.2, -0.15) is 10.7 Å². The van der Waals surface area contributed by atoms with Gasteiger partial charge in [-0.25, -0.2) is 9.40 Å². The average molecular weight is 395 g/mol. The molecule has 0 aromatic heterocycles. The van der Waals surface area contributed by atoms with Gasteiger partial charge in [0.05, 0.1) is 17.7 Å². The minimum Gasteiger partial charge on any atom is -0.349 e. The highest BCUT2D eigenvalue weighted by atomic mass is 19.1. The van der Waals surface area contributed by atoms with Crippen molar-refractivity contribution >= 4 is 5.91 Å². The molecule has 3 unspecified atom stereocenters. The molecule has 8 heteroatoms. The van der Waals surface area contributed by atoms with Gasteiger partial charge in [0.25, 0.3) is 0 Å². The molecule has 0 bridgehead atoms. The Morgan fingerprint density at radius 3 is 3.00 bits per heavy atom. The number of nitriles is 1. The van der Waals surface area contributed by atoms with Gasteiger partial charge in [0.15, 0.2) is 0 Å². The van der Waals surface area contributed by atoms with Gasteiger partial charge in [-0.1, -0.05) is 30.3 Å². The molecule has 0 radical (unpaired) electrons. The Balaban J connectivity index is 1.29. The third kappa shape index (κ3) is 4.60. The Morgan fingerprint density at radius 2 is 2.17 bits per heavy atom. The second kappa shape index (κ2) is 8.68. The number of hydroxylamine groups is 1. The van der Waals surface area contributed by atoms with Crippen LogP contribution in [-0.4, -0.2) is 36.1 Å². The van der Waals surface area contributed by atoms with Crippen molar-refractivity contribution in [2.24, 2.45) is 0 Å². The number of carbonyl (C=O) groups is 1. The highest BCUT2D eigenvalue weighted by molar-refractivity contribution is 5.82. The van der Waals surface area contributed by atoms with Gasteiger partial charge in [-0.3, -0.25) is 15.1 Å². The Kier molecular flexibility index (Phi) is 5.83. The van der Waals surface area contributed by atoms with E-state index >= 15 is 0 Å². The number of hydrogen-bond acceptors (Lipinski definition) is 6. The van der Waals surface area contributed by atoms with E-state index < -0.39 is 6.04 Å². The number of hydrazine groups is 1. The van der Waals surface area contributed by atoms with Crippen LogP contribution in [0.2, 0.25) is 0 Å². The molecule has 2 heterocycles. The fourth-order valence-electron chi connectivity index (χ4n) is 3.71. The van der Waals surface area contributed by atoms with E-state index in [0.29, 0.717) is 31.6 Å². The molecule has 3 atom stereocenters.